The second kappa shape index (κ2) is 4.18. The molecule has 0 spiro atoms. The van der Waals surface area contributed by atoms with Crippen molar-refractivity contribution in [2.45, 2.75) is 0 Å². The zero-order valence-corrected chi connectivity index (χ0v) is 7.06. The van der Waals surface area contributed by atoms with Crippen molar-refractivity contribution in [1.82, 2.24) is 0 Å². The fraction of sp³-hybridized carbons (Fsp3) is 0. The van der Waals surface area contributed by atoms with E-state index in [4.69, 9.17) is 5.11 Å². The highest BCUT2D eigenvalue weighted by molar-refractivity contribution is 6.39. The van der Waals surface area contributed by atoms with Crippen LogP contribution in [0.15, 0.2) is 24.3 Å². The van der Waals surface area contributed by atoms with Crippen molar-refractivity contribution < 1.29 is 19.5 Å². The van der Waals surface area contributed by atoms with Crippen molar-refractivity contribution in [2.75, 3.05) is 5.32 Å². The molecule has 0 unspecified atom stereocenters. The maximum atomic E-state index is 10.9. The van der Waals surface area contributed by atoms with E-state index in [1.165, 1.54) is 24.3 Å². The Morgan fingerprint density at radius 2 is 1.79 bits per heavy atom. The smallest absolute Gasteiger partial charge is 0.377 e. The molecule has 1 aromatic rings. The zero-order valence-electron chi connectivity index (χ0n) is 7.06. The third kappa shape index (κ3) is 2.16. The lowest BCUT2D eigenvalue weighted by Gasteiger charge is -1.99. The van der Waals surface area contributed by atoms with Gasteiger partial charge < -0.3 is 10.4 Å². The number of carboxylic acid groups (broad SMARTS) is 1. The predicted molar refractivity (Wildman–Crippen MR) is 48.1 cm³/mol. The van der Waals surface area contributed by atoms with Crippen LogP contribution < -0.4 is 5.32 Å². The summed E-state index contributed by atoms with van der Waals surface area (Å²) in [7, 11) is 0. The Hall–Kier alpha value is -2.17. The molecule has 0 heterocycles. The normalized spacial score (nSPS) is 9.14. The van der Waals surface area contributed by atoms with Crippen LogP contribution in [0.2, 0.25) is 0 Å². The Morgan fingerprint density at radius 1 is 1.21 bits per heavy atom. The number of benzene rings is 1. The number of ketones is 1. The molecule has 1 rings (SSSR count). The van der Waals surface area contributed by atoms with Crippen molar-refractivity contribution in [3.63, 3.8) is 0 Å². The molecule has 1 aromatic carbocycles. The first-order valence-corrected chi connectivity index (χ1v) is 3.73. The van der Waals surface area contributed by atoms with E-state index in [1.807, 2.05) is 0 Å². The summed E-state index contributed by atoms with van der Waals surface area (Å²) in [5.41, 5.74) is 0.580. The van der Waals surface area contributed by atoms with Gasteiger partial charge in [-0.1, -0.05) is 0 Å². The minimum atomic E-state index is -1.50. The number of rotatable bonds is 4. The van der Waals surface area contributed by atoms with Gasteiger partial charge in [-0.05, 0) is 24.3 Å². The van der Waals surface area contributed by atoms with Gasteiger partial charge in [0.05, 0.1) is 0 Å². The van der Waals surface area contributed by atoms with Crippen LogP contribution in [0.4, 0.5) is 5.69 Å². The quantitative estimate of drug-likeness (QED) is 0.415. The maximum Gasteiger partial charge on any atom is 0.377 e. The van der Waals surface area contributed by atoms with Gasteiger partial charge in [-0.15, -0.1) is 0 Å². The highest BCUT2D eigenvalue weighted by Crippen LogP contribution is 2.09. The van der Waals surface area contributed by atoms with Gasteiger partial charge in [-0.25, -0.2) is 4.79 Å². The number of carboxylic acids is 1. The molecule has 0 aliphatic rings. The molecule has 0 radical (unpaired) electrons. The number of amides is 1. The molecule has 0 aromatic heterocycles. The predicted octanol–water partition coefficient (Wildman–Crippen LogP) is 0.522. The van der Waals surface area contributed by atoms with Gasteiger partial charge >= 0.3 is 5.97 Å². The first-order chi connectivity index (χ1) is 6.65. The van der Waals surface area contributed by atoms with Crippen molar-refractivity contribution >= 4 is 23.9 Å². The molecule has 14 heavy (non-hydrogen) atoms. The lowest BCUT2D eigenvalue weighted by atomic mass is 10.1. The van der Waals surface area contributed by atoms with Crippen LogP contribution >= 0.6 is 0 Å². The number of Topliss-reactive ketones (excluding diaryl/α,β-unsaturated/α-hetero) is 1. The fourth-order valence-electron chi connectivity index (χ4n) is 0.909. The van der Waals surface area contributed by atoms with Gasteiger partial charge in [0.15, 0.2) is 0 Å². The van der Waals surface area contributed by atoms with Crippen molar-refractivity contribution in [1.29, 1.82) is 0 Å². The van der Waals surface area contributed by atoms with Gasteiger partial charge in [-0.2, -0.15) is 0 Å². The van der Waals surface area contributed by atoms with E-state index >= 15 is 0 Å². The molecule has 0 saturated carbocycles. The molecule has 5 nitrogen and oxygen atoms in total. The summed E-state index contributed by atoms with van der Waals surface area (Å²) in [4.78, 5) is 31.2. The van der Waals surface area contributed by atoms with Gasteiger partial charge in [0.2, 0.25) is 6.41 Å². The summed E-state index contributed by atoms with van der Waals surface area (Å²) >= 11 is 0. The van der Waals surface area contributed by atoms with Crippen LogP contribution in [0.3, 0.4) is 0 Å². The summed E-state index contributed by atoms with van der Waals surface area (Å²) in [6, 6.07) is 5.57. The van der Waals surface area contributed by atoms with E-state index in [9.17, 15) is 14.4 Å². The van der Waals surface area contributed by atoms with E-state index in [2.05, 4.69) is 5.32 Å². The third-order valence-corrected chi connectivity index (χ3v) is 1.57. The molecule has 0 saturated heterocycles. The van der Waals surface area contributed by atoms with E-state index in [0.717, 1.165) is 0 Å². The molecule has 0 fully saturated rings. The largest absolute Gasteiger partial charge is 0.475 e. The number of carbonyl (C=O) groups is 3. The fourth-order valence-corrected chi connectivity index (χ4v) is 0.909. The van der Waals surface area contributed by atoms with Gasteiger partial charge in [0.25, 0.3) is 5.78 Å². The number of nitrogens with one attached hydrogen (secondary N) is 1. The van der Waals surface area contributed by atoms with Gasteiger partial charge in [0.1, 0.15) is 0 Å². The molecule has 2 N–H and O–H groups in total. The Labute approximate surface area is 79.4 Å². The summed E-state index contributed by atoms with van der Waals surface area (Å²) < 4.78 is 0. The topological polar surface area (TPSA) is 83.5 Å². The Balaban J connectivity index is 2.88. The molecular weight excluding hydrogens is 186 g/mol. The van der Waals surface area contributed by atoms with Crippen molar-refractivity contribution in [2.24, 2.45) is 0 Å². The first kappa shape index (κ1) is 9.91. The standard InChI is InChI=1S/C9H7NO4/c11-5-10-7-3-1-6(2-4-7)8(12)9(13)14/h1-5H,(H,10,11)(H,13,14). The zero-order chi connectivity index (χ0) is 10.6. The van der Waals surface area contributed by atoms with Crippen LogP contribution in [0, 0.1) is 0 Å². The first-order valence-electron chi connectivity index (χ1n) is 3.73. The number of hydrogen-bond acceptors (Lipinski definition) is 3. The highest BCUT2D eigenvalue weighted by Gasteiger charge is 2.13. The summed E-state index contributed by atoms with van der Waals surface area (Å²) in [6.07, 6.45) is 0.494. The molecular formula is C9H7NO4. The van der Waals surface area contributed by atoms with Crippen molar-refractivity contribution in [3.8, 4) is 0 Å². The molecule has 72 valence electrons. The molecule has 5 heteroatoms. The SMILES string of the molecule is O=CNc1ccc(C(=O)C(=O)O)cc1. The van der Waals surface area contributed by atoms with E-state index < -0.39 is 11.8 Å². The third-order valence-electron chi connectivity index (χ3n) is 1.57. The number of aliphatic carboxylic acids is 1. The van der Waals surface area contributed by atoms with Crippen LogP contribution in [0.1, 0.15) is 10.4 Å². The maximum absolute atomic E-state index is 10.9. The molecule has 0 aliphatic carbocycles. The lowest BCUT2D eigenvalue weighted by Crippen LogP contribution is -2.12. The van der Waals surface area contributed by atoms with Crippen LogP contribution in [-0.2, 0) is 9.59 Å². The molecule has 0 aliphatic heterocycles. The highest BCUT2D eigenvalue weighted by atomic mass is 16.4. The lowest BCUT2D eigenvalue weighted by molar-refractivity contribution is -0.131. The number of hydrogen-bond donors (Lipinski definition) is 2. The van der Waals surface area contributed by atoms with Gasteiger partial charge in [-0.3, -0.25) is 9.59 Å². The van der Waals surface area contributed by atoms with E-state index in [0.29, 0.717) is 12.1 Å². The number of carbonyl (C=O) groups excluding carboxylic acids is 2. The summed E-state index contributed by atoms with van der Waals surface area (Å²) in [6.45, 7) is 0. The minimum absolute atomic E-state index is 0.0777. The van der Waals surface area contributed by atoms with Crippen molar-refractivity contribution in [3.05, 3.63) is 29.8 Å². The van der Waals surface area contributed by atoms with Gasteiger partial charge in [0, 0.05) is 11.3 Å². The summed E-state index contributed by atoms with van der Waals surface area (Å²) in [5, 5.41) is 10.8. The average molecular weight is 193 g/mol. The molecule has 1 amide bonds. The van der Waals surface area contributed by atoms with Crippen LogP contribution in [0.25, 0.3) is 0 Å². The molecule has 0 bridgehead atoms. The second-order valence-corrected chi connectivity index (χ2v) is 2.47. The van der Waals surface area contributed by atoms with Crippen LogP contribution in [0.5, 0.6) is 0 Å². The Morgan fingerprint density at radius 3 is 2.21 bits per heavy atom. The average Bonchev–Trinajstić information content (AvgIpc) is 2.18. The molecule has 0 atom stereocenters. The Bertz CT molecular complexity index is 369. The monoisotopic (exact) mass is 193 g/mol. The van der Waals surface area contributed by atoms with E-state index in [-0.39, 0.29) is 5.56 Å². The summed E-state index contributed by atoms with van der Waals surface area (Å²) in [5.74, 6) is -2.47. The van der Waals surface area contributed by atoms with E-state index in [1.54, 1.807) is 0 Å². The minimum Gasteiger partial charge on any atom is -0.475 e. The Kier molecular flexibility index (Phi) is 2.96. The second-order valence-electron chi connectivity index (χ2n) is 2.47. The number of anilines is 1. The van der Waals surface area contributed by atoms with Crippen LogP contribution in [-0.4, -0.2) is 23.3 Å².